The van der Waals surface area contributed by atoms with Crippen LogP contribution in [0.3, 0.4) is 0 Å². The normalized spacial score (nSPS) is 23.9. The molecule has 1 saturated heterocycles. The van der Waals surface area contributed by atoms with Gasteiger partial charge in [-0.15, -0.1) is 0 Å². The molecule has 132 valence electrons. The lowest BCUT2D eigenvalue weighted by Crippen LogP contribution is -2.33. The molecule has 2 heterocycles. The molecule has 0 unspecified atom stereocenters. The summed E-state index contributed by atoms with van der Waals surface area (Å²) in [7, 11) is -4.69. The fourth-order valence-electron chi connectivity index (χ4n) is 2.44. The minimum atomic E-state index is -4.69. The van der Waals surface area contributed by atoms with Crippen molar-refractivity contribution >= 4 is 7.82 Å². The van der Waals surface area contributed by atoms with Crippen LogP contribution in [0.1, 0.15) is 18.2 Å². The van der Waals surface area contributed by atoms with Crippen molar-refractivity contribution in [1.82, 2.24) is 9.55 Å². The Bertz CT molecular complexity index is 808. The average molecular weight is 361 g/mol. The van der Waals surface area contributed by atoms with Crippen molar-refractivity contribution in [1.29, 1.82) is 0 Å². The summed E-state index contributed by atoms with van der Waals surface area (Å²) in [6.07, 6.45) is 0.0204. The highest BCUT2D eigenvalue weighted by molar-refractivity contribution is 7.46. The predicted octanol–water partition coefficient (Wildman–Crippen LogP) is 0.168. The molecular weight excluding hydrogens is 345 g/mol. The van der Waals surface area contributed by atoms with Crippen molar-refractivity contribution in [2.75, 3.05) is 13.2 Å². The van der Waals surface area contributed by atoms with Crippen LogP contribution in [0.25, 0.3) is 10.4 Å². The molecule has 3 N–H and O–H groups in total. The van der Waals surface area contributed by atoms with Crippen LogP contribution in [0, 0.1) is 12.8 Å². The average Bonchev–Trinajstić information content (AvgIpc) is 2.89. The van der Waals surface area contributed by atoms with Gasteiger partial charge in [0, 0.05) is 23.2 Å². The Kier molecular flexibility index (Phi) is 5.60. The molecule has 1 aromatic heterocycles. The molecule has 0 aromatic carbocycles. The number of aromatic nitrogens is 2. The zero-order chi connectivity index (χ0) is 17.9. The van der Waals surface area contributed by atoms with Crippen LogP contribution in [-0.2, 0) is 13.8 Å². The van der Waals surface area contributed by atoms with Gasteiger partial charge in [0.25, 0.3) is 5.56 Å². The number of hydrogen-bond acceptors (Lipinski definition) is 6. The molecule has 0 amide bonds. The largest absolute Gasteiger partial charge is 0.469 e. The molecule has 0 radical (unpaired) electrons. The van der Waals surface area contributed by atoms with Crippen molar-refractivity contribution in [3.63, 3.8) is 0 Å². The highest BCUT2D eigenvalue weighted by atomic mass is 31.2. The van der Waals surface area contributed by atoms with E-state index in [-0.39, 0.29) is 13.0 Å². The molecule has 1 aliphatic rings. The third kappa shape index (κ3) is 4.54. The van der Waals surface area contributed by atoms with Gasteiger partial charge in [0.15, 0.2) is 0 Å². The first kappa shape index (κ1) is 18.4. The second-order valence-electron chi connectivity index (χ2n) is 5.30. The first-order valence-electron chi connectivity index (χ1n) is 6.89. The van der Waals surface area contributed by atoms with Gasteiger partial charge in [-0.25, -0.2) is 9.36 Å². The Balaban J connectivity index is 2.23. The van der Waals surface area contributed by atoms with E-state index in [1.165, 1.54) is 17.7 Å². The van der Waals surface area contributed by atoms with Crippen LogP contribution in [0.5, 0.6) is 0 Å². The maximum Gasteiger partial charge on any atom is 0.469 e. The van der Waals surface area contributed by atoms with Gasteiger partial charge in [0.1, 0.15) is 6.23 Å². The third-order valence-corrected chi connectivity index (χ3v) is 4.09. The molecule has 0 bridgehead atoms. The minimum Gasteiger partial charge on any atom is -0.352 e. The van der Waals surface area contributed by atoms with Crippen LogP contribution in [-0.4, -0.2) is 38.6 Å². The number of H-pyrrole nitrogens is 1. The van der Waals surface area contributed by atoms with Gasteiger partial charge in [0.05, 0.1) is 12.7 Å². The molecule has 0 spiro atoms. The highest BCUT2D eigenvalue weighted by Gasteiger charge is 2.37. The first-order valence-corrected chi connectivity index (χ1v) is 8.43. The van der Waals surface area contributed by atoms with Gasteiger partial charge in [-0.05, 0) is 24.8 Å². The molecule has 24 heavy (non-hydrogen) atoms. The maximum absolute atomic E-state index is 11.9. The van der Waals surface area contributed by atoms with E-state index >= 15 is 0 Å². The van der Waals surface area contributed by atoms with Crippen LogP contribution >= 0.6 is 7.82 Å². The van der Waals surface area contributed by atoms with E-state index in [2.05, 4.69) is 19.5 Å². The van der Waals surface area contributed by atoms with Crippen molar-refractivity contribution in [3.05, 3.63) is 43.0 Å². The Labute approximate surface area is 134 Å². The van der Waals surface area contributed by atoms with E-state index in [1.807, 2.05) is 0 Å². The lowest BCUT2D eigenvalue weighted by atomic mass is 10.0. The zero-order valence-corrected chi connectivity index (χ0v) is 13.5. The number of azide groups is 1. The number of nitrogens with zero attached hydrogens (tertiary/aromatic N) is 4. The zero-order valence-electron chi connectivity index (χ0n) is 12.6. The number of aromatic amines is 1. The molecule has 1 aliphatic heterocycles. The lowest BCUT2D eigenvalue weighted by Gasteiger charge is -2.17. The van der Waals surface area contributed by atoms with Gasteiger partial charge >= 0.3 is 13.5 Å². The van der Waals surface area contributed by atoms with Crippen LogP contribution in [0.15, 0.2) is 20.9 Å². The van der Waals surface area contributed by atoms with E-state index in [0.717, 1.165) is 0 Å². The van der Waals surface area contributed by atoms with E-state index in [4.69, 9.17) is 20.1 Å². The van der Waals surface area contributed by atoms with Crippen molar-refractivity contribution in [2.24, 2.45) is 11.0 Å². The molecule has 0 saturated carbocycles. The van der Waals surface area contributed by atoms with E-state index in [1.54, 1.807) is 0 Å². The van der Waals surface area contributed by atoms with Gasteiger partial charge < -0.3 is 14.5 Å². The third-order valence-electron chi connectivity index (χ3n) is 3.60. The van der Waals surface area contributed by atoms with Gasteiger partial charge in [-0.3, -0.25) is 18.9 Å². The molecule has 12 nitrogen and oxygen atoms in total. The molecule has 1 aromatic rings. The van der Waals surface area contributed by atoms with Crippen LogP contribution in [0.2, 0.25) is 0 Å². The Hall–Kier alpha value is -1.94. The molecule has 1 fully saturated rings. The van der Waals surface area contributed by atoms with E-state index in [9.17, 15) is 14.2 Å². The van der Waals surface area contributed by atoms with Crippen molar-refractivity contribution in [2.45, 2.75) is 25.7 Å². The smallest absolute Gasteiger partial charge is 0.352 e. The number of nitrogens with one attached hydrogen (secondary N) is 1. The monoisotopic (exact) mass is 361 g/mol. The summed E-state index contributed by atoms with van der Waals surface area (Å²) in [6.45, 7) is 1.11. The summed E-state index contributed by atoms with van der Waals surface area (Å²) in [5.74, 6) is -0.406. The highest BCUT2D eigenvalue weighted by Crippen LogP contribution is 2.39. The summed E-state index contributed by atoms with van der Waals surface area (Å²) >= 11 is 0. The molecule has 2 rings (SSSR count). The number of rotatable bonds is 6. The lowest BCUT2D eigenvalue weighted by molar-refractivity contribution is -0.0315. The van der Waals surface area contributed by atoms with E-state index < -0.39 is 43.9 Å². The van der Waals surface area contributed by atoms with Crippen LogP contribution < -0.4 is 11.2 Å². The first-order chi connectivity index (χ1) is 11.2. The standard InChI is InChI=1S/C11H16N5O7P/c1-6-4-16(11(18)14-10(6)17)9-2-7(3-13-15-12)8(23-9)5-22-24(19,20)21/h4,7-9H,2-3,5H2,1H3,(H,14,17,18)(H2,19,20,21)/t7-,8-,9-/m1/s1. The summed E-state index contributed by atoms with van der Waals surface area (Å²) in [5.41, 5.74) is 7.55. The summed E-state index contributed by atoms with van der Waals surface area (Å²) < 4.78 is 22.1. The van der Waals surface area contributed by atoms with Gasteiger partial charge in [-0.2, -0.15) is 0 Å². The Morgan fingerprint density at radius 2 is 2.29 bits per heavy atom. The molecule has 3 atom stereocenters. The minimum absolute atomic E-state index is 0.0132. The van der Waals surface area contributed by atoms with Gasteiger partial charge in [0.2, 0.25) is 0 Å². The van der Waals surface area contributed by atoms with E-state index in [0.29, 0.717) is 5.56 Å². The molecule has 13 heteroatoms. The summed E-state index contributed by atoms with van der Waals surface area (Å²) in [5, 5.41) is 3.44. The summed E-state index contributed by atoms with van der Waals surface area (Å²) in [6, 6.07) is 0. The number of ether oxygens (including phenoxy) is 1. The Morgan fingerprint density at radius 3 is 2.92 bits per heavy atom. The van der Waals surface area contributed by atoms with Crippen molar-refractivity contribution < 1.29 is 23.6 Å². The predicted molar refractivity (Wildman–Crippen MR) is 80.1 cm³/mol. The molecule has 0 aliphatic carbocycles. The summed E-state index contributed by atoms with van der Waals surface area (Å²) in [4.78, 5) is 45.7. The number of phosphoric ester groups is 1. The second kappa shape index (κ2) is 7.31. The number of hydrogen-bond donors (Lipinski definition) is 3. The molecular formula is C11H16N5O7P. The number of aryl methyl sites for hydroxylation is 1. The fraction of sp³-hybridized carbons (Fsp3) is 0.636. The SMILES string of the molecule is Cc1cn([C@H]2C[C@H](CN=[N+]=[N-])[C@@H](COP(=O)(O)O)O2)c(=O)[nH]c1=O. The second-order valence-corrected chi connectivity index (χ2v) is 6.54. The maximum atomic E-state index is 11.9. The topological polar surface area (TPSA) is 180 Å². The van der Waals surface area contributed by atoms with Crippen molar-refractivity contribution in [3.8, 4) is 0 Å². The fourth-order valence-corrected chi connectivity index (χ4v) is 2.78. The Morgan fingerprint density at radius 1 is 1.58 bits per heavy atom. The van der Waals surface area contributed by atoms with Crippen LogP contribution in [0.4, 0.5) is 0 Å². The quantitative estimate of drug-likeness (QED) is 0.279. The van der Waals surface area contributed by atoms with Gasteiger partial charge in [-0.1, -0.05) is 5.11 Å². The number of phosphoric acid groups is 1.